The zero-order valence-corrected chi connectivity index (χ0v) is 51.5. The Hall–Kier alpha value is -1.66. The topological polar surface area (TPSA) is 95.9 Å². The number of rotatable bonds is 65. The van der Waals surface area contributed by atoms with Gasteiger partial charge in [-0.2, -0.15) is 0 Å². The SMILES string of the molecule is CCCCC/C=C\C/C=C\CCCCCCCC(=O)OCCCCCCCCCCCCCCCCCCCCCCCCCCCCCCCCCC(=O)N[C@@H](CO)[C@H](O)CCCCCCCCCCCCCCC. The summed E-state index contributed by atoms with van der Waals surface area (Å²) in [5.74, 6) is -0.0217. The maximum absolute atomic E-state index is 12.5. The molecule has 0 heterocycles. The number of carbonyl (C=O) groups excluding carboxylic acids is 2. The van der Waals surface area contributed by atoms with Gasteiger partial charge in [-0.05, 0) is 57.8 Å². The van der Waals surface area contributed by atoms with E-state index in [0.717, 1.165) is 51.4 Å². The van der Waals surface area contributed by atoms with E-state index in [-0.39, 0.29) is 18.5 Å². The van der Waals surface area contributed by atoms with E-state index in [4.69, 9.17) is 4.74 Å². The van der Waals surface area contributed by atoms with Crippen LogP contribution >= 0.6 is 0 Å². The molecule has 0 aliphatic heterocycles. The molecule has 450 valence electrons. The number of amides is 1. The first-order valence-electron chi connectivity index (χ1n) is 34.6. The lowest BCUT2D eigenvalue weighted by molar-refractivity contribution is -0.143. The molecule has 3 N–H and O–H groups in total. The van der Waals surface area contributed by atoms with Gasteiger partial charge in [-0.3, -0.25) is 9.59 Å². The van der Waals surface area contributed by atoms with Gasteiger partial charge in [-0.1, -0.05) is 340 Å². The number of nitrogens with one attached hydrogen (secondary N) is 1. The van der Waals surface area contributed by atoms with E-state index in [1.165, 1.54) is 302 Å². The fourth-order valence-electron chi connectivity index (χ4n) is 11.0. The van der Waals surface area contributed by atoms with Crippen molar-refractivity contribution in [3.05, 3.63) is 24.3 Å². The van der Waals surface area contributed by atoms with Gasteiger partial charge in [0, 0.05) is 12.8 Å². The van der Waals surface area contributed by atoms with Crippen LogP contribution in [0.15, 0.2) is 24.3 Å². The van der Waals surface area contributed by atoms with E-state index < -0.39 is 12.1 Å². The van der Waals surface area contributed by atoms with Crippen LogP contribution in [0.5, 0.6) is 0 Å². The van der Waals surface area contributed by atoms with Gasteiger partial charge < -0.3 is 20.3 Å². The highest BCUT2D eigenvalue weighted by atomic mass is 16.5. The minimum absolute atomic E-state index is 0.00709. The van der Waals surface area contributed by atoms with E-state index in [9.17, 15) is 19.8 Å². The average Bonchev–Trinajstić information content (AvgIpc) is 3.42. The van der Waals surface area contributed by atoms with Crippen LogP contribution in [0.4, 0.5) is 0 Å². The molecule has 6 heteroatoms. The fourth-order valence-corrected chi connectivity index (χ4v) is 11.0. The van der Waals surface area contributed by atoms with Gasteiger partial charge in [0.1, 0.15) is 0 Å². The van der Waals surface area contributed by atoms with Gasteiger partial charge in [0.25, 0.3) is 0 Å². The Morgan fingerprint density at radius 2 is 0.658 bits per heavy atom. The Bertz CT molecular complexity index is 1190. The molecule has 0 aromatic carbocycles. The van der Waals surface area contributed by atoms with Crippen molar-refractivity contribution >= 4 is 11.9 Å². The third-order valence-electron chi connectivity index (χ3n) is 16.3. The van der Waals surface area contributed by atoms with Crippen LogP contribution < -0.4 is 5.32 Å². The van der Waals surface area contributed by atoms with Crippen LogP contribution in [0.1, 0.15) is 386 Å². The van der Waals surface area contributed by atoms with Gasteiger partial charge in [0.2, 0.25) is 5.91 Å². The number of unbranched alkanes of at least 4 members (excludes halogenated alkanes) is 50. The van der Waals surface area contributed by atoms with Crippen molar-refractivity contribution in [2.45, 2.75) is 398 Å². The van der Waals surface area contributed by atoms with Gasteiger partial charge in [-0.15, -0.1) is 0 Å². The quantitative estimate of drug-likeness (QED) is 0.0320. The monoisotopic (exact) mass is 1070 g/mol. The molecular weight excluding hydrogens is 935 g/mol. The normalized spacial score (nSPS) is 12.6. The smallest absolute Gasteiger partial charge is 0.305 e. The second-order valence-electron chi connectivity index (χ2n) is 23.9. The standard InChI is InChI=1S/C70H135NO5/c1-3-5-7-9-11-13-15-17-35-40-44-48-52-56-60-64-70(75)76-65-61-57-53-49-45-41-37-34-32-30-28-26-24-22-20-18-19-21-23-25-27-29-31-33-36-39-43-47-51-55-59-63-69(74)71-67(66-72)68(73)62-58-54-50-46-42-38-16-14-12-10-8-6-4-2/h11,13,17,35,67-68,72-73H,3-10,12,14-16,18-34,36-66H2,1-2H3,(H,71,74)/b13-11-,35-17-/t67-,68+/m0/s1. The average molecular weight is 1070 g/mol. The summed E-state index contributed by atoms with van der Waals surface area (Å²) in [7, 11) is 0. The lowest BCUT2D eigenvalue weighted by Gasteiger charge is -2.22. The molecule has 6 nitrogen and oxygen atoms in total. The molecule has 0 bridgehead atoms. The highest BCUT2D eigenvalue weighted by Gasteiger charge is 2.20. The Balaban J connectivity index is 3.31. The van der Waals surface area contributed by atoms with E-state index in [0.29, 0.717) is 25.9 Å². The number of aliphatic hydroxyl groups is 2. The molecular formula is C70H135NO5. The summed E-state index contributed by atoms with van der Waals surface area (Å²) in [6.45, 7) is 4.95. The molecule has 0 radical (unpaired) electrons. The van der Waals surface area contributed by atoms with Crippen LogP contribution in [0.25, 0.3) is 0 Å². The fraction of sp³-hybridized carbons (Fsp3) is 0.914. The maximum atomic E-state index is 12.5. The summed E-state index contributed by atoms with van der Waals surface area (Å²) in [4.78, 5) is 24.5. The molecule has 76 heavy (non-hydrogen) atoms. The predicted molar refractivity (Wildman–Crippen MR) is 333 cm³/mol. The number of hydrogen-bond acceptors (Lipinski definition) is 5. The number of carbonyl (C=O) groups is 2. The Labute approximate surface area is 475 Å². The molecule has 0 saturated carbocycles. The third kappa shape index (κ3) is 61.6. The van der Waals surface area contributed by atoms with Crippen molar-refractivity contribution in [3.63, 3.8) is 0 Å². The molecule has 0 rings (SSSR count). The minimum Gasteiger partial charge on any atom is -0.466 e. The number of ether oxygens (including phenoxy) is 1. The van der Waals surface area contributed by atoms with Crippen molar-refractivity contribution < 1.29 is 24.5 Å². The summed E-state index contributed by atoms with van der Waals surface area (Å²) >= 11 is 0. The van der Waals surface area contributed by atoms with Gasteiger partial charge >= 0.3 is 5.97 Å². The molecule has 0 fully saturated rings. The summed E-state index contributed by atoms with van der Waals surface area (Å²) < 4.78 is 5.49. The summed E-state index contributed by atoms with van der Waals surface area (Å²) in [5.41, 5.74) is 0. The van der Waals surface area contributed by atoms with Crippen molar-refractivity contribution in [1.29, 1.82) is 0 Å². The Morgan fingerprint density at radius 1 is 0.368 bits per heavy atom. The largest absolute Gasteiger partial charge is 0.466 e. The van der Waals surface area contributed by atoms with Crippen LogP contribution in [-0.4, -0.2) is 47.4 Å². The maximum Gasteiger partial charge on any atom is 0.305 e. The lowest BCUT2D eigenvalue weighted by Crippen LogP contribution is -2.45. The zero-order valence-electron chi connectivity index (χ0n) is 51.5. The zero-order chi connectivity index (χ0) is 55.0. The first-order chi connectivity index (χ1) is 37.5. The second-order valence-corrected chi connectivity index (χ2v) is 23.9. The van der Waals surface area contributed by atoms with Gasteiger partial charge in [0.05, 0.1) is 25.4 Å². The lowest BCUT2D eigenvalue weighted by atomic mass is 10.0. The number of allylic oxidation sites excluding steroid dienone is 4. The van der Waals surface area contributed by atoms with E-state index in [2.05, 4.69) is 43.5 Å². The number of hydrogen-bond donors (Lipinski definition) is 3. The van der Waals surface area contributed by atoms with Crippen molar-refractivity contribution in [3.8, 4) is 0 Å². The van der Waals surface area contributed by atoms with Crippen LogP contribution in [0, 0.1) is 0 Å². The molecule has 2 atom stereocenters. The number of esters is 1. The van der Waals surface area contributed by atoms with Crippen LogP contribution in [-0.2, 0) is 14.3 Å². The Morgan fingerprint density at radius 3 is 1.03 bits per heavy atom. The Kier molecular flexibility index (Phi) is 64.4. The van der Waals surface area contributed by atoms with Crippen molar-refractivity contribution in [1.82, 2.24) is 5.32 Å². The highest BCUT2D eigenvalue weighted by Crippen LogP contribution is 2.19. The van der Waals surface area contributed by atoms with Gasteiger partial charge in [0.15, 0.2) is 0 Å². The molecule has 0 aliphatic rings. The predicted octanol–water partition coefficient (Wildman–Crippen LogP) is 22.1. The van der Waals surface area contributed by atoms with E-state index in [1.807, 2.05) is 0 Å². The van der Waals surface area contributed by atoms with Crippen LogP contribution in [0.3, 0.4) is 0 Å². The first kappa shape index (κ1) is 74.3. The molecule has 1 amide bonds. The molecule has 0 saturated heterocycles. The van der Waals surface area contributed by atoms with Crippen LogP contribution in [0.2, 0.25) is 0 Å². The second kappa shape index (κ2) is 65.9. The summed E-state index contributed by atoms with van der Waals surface area (Å²) in [6, 6.07) is -0.537. The minimum atomic E-state index is -0.660. The number of aliphatic hydroxyl groups excluding tert-OH is 2. The summed E-state index contributed by atoms with van der Waals surface area (Å²) in [6.07, 6.45) is 82.3. The molecule has 0 aliphatic carbocycles. The van der Waals surface area contributed by atoms with Crippen molar-refractivity contribution in [2.75, 3.05) is 13.2 Å². The van der Waals surface area contributed by atoms with Gasteiger partial charge in [-0.25, -0.2) is 0 Å². The molecule has 0 aromatic rings. The van der Waals surface area contributed by atoms with E-state index >= 15 is 0 Å². The first-order valence-corrected chi connectivity index (χ1v) is 34.6. The third-order valence-corrected chi connectivity index (χ3v) is 16.3. The molecule has 0 spiro atoms. The molecule has 0 aromatic heterocycles. The van der Waals surface area contributed by atoms with Crippen molar-refractivity contribution in [2.24, 2.45) is 0 Å². The highest BCUT2D eigenvalue weighted by molar-refractivity contribution is 5.76. The summed E-state index contributed by atoms with van der Waals surface area (Å²) in [5, 5.41) is 23.3. The van der Waals surface area contributed by atoms with E-state index in [1.54, 1.807) is 0 Å². The molecule has 0 unspecified atom stereocenters.